The number of anilines is 1. The van der Waals surface area contributed by atoms with Crippen LogP contribution in [0.1, 0.15) is 6.92 Å². The van der Waals surface area contributed by atoms with Crippen molar-refractivity contribution < 1.29 is 9.90 Å². The van der Waals surface area contributed by atoms with Crippen molar-refractivity contribution in [1.82, 2.24) is 9.99 Å². The summed E-state index contributed by atoms with van der Waals surface area (Å²) in [6.07, 6.45) is 2.83. The predicted octanol–water partition coefficient (Wildman–Crippen LogP) is 0.530. The quantitative estimate of drug-likeness (QED) is 0.473. The molecule has 0 radical (unpaired) electrons. The van der Waals surface area contributed by atoms with Crippen molar-refractivity contribution in [2.24, 2.45) is 11.6 Å². The van der Waals surface area contributed by atoms with Crippen LogP contribution in [0.3, 0.4) is 0 Å². The van der Waals surface area contributed by atoms with Crippen LogP contribution in [0.25, 0.3) is 10.9 Å². The Morgan fingerprint density at radius 2 is 2.23 bits per heavy atom. The van der Waals surface area contributed by atoms with Gasteiger partial charge in [0.05, 0.1) is 24.0 Å². The number of para-hydroxylation sites is 1. The van der Waals surface area contributed by atoms with Crippen LogP contribution in [-0.2, 0) is 4.79 Å². The maximum absolute atomic E-state index is 12.3. The number of aliphatic hydroxyl groups excluding tert-OH is 1. The number of nitrogens with zero attached hydrogens (tertiary/aromatic N) is 2. The number of hydrazine groups is 1. The van der Waals surface area contributed by atoms with Gasteiger partial charge in [-0.15, -0.1) is 0 Å². The number of carbonyl (C=O) groups excluding carboxylic acids is 1. The van der Waals surface area contributed by atoms with Crippen molar-refractivity contribution in [1.29, 1.82) is 0 Å². The van der Waals surface area contributed by atoms with Crippen LogP contribution in [0.5, 0.6) is 0 Å². The topological polar surface area (TPSA) is 118 Å². The molecule has 1 amide bonds. The Hall–Kier alpha value is -2.64. The minimum absolute atomic E-state index is 0.436. The highest BCUT2D eigenvalue weighted by molar-refractivity contribution is 5.96. The summed E-state index contributed by atoms with van der Waals surface area (Å²) >= 11 is 0. The molecule has 0 bridgehead atoms. The summed E-state index contributed by atoms with van der Waals surface area (Å²) in [4.78, 5) is 16.5. The van der Waals surface area contributed by atoms with Gasteiger partial charge in [0, 0.05) is 17.3 Å². The number of allylic oxidation sites excluding steroid dienone is 1. The van der Waals surface area contributed by atoms with E-state index in [9.17, 15) is 9.90 Å². The fourth-order valence-electron chi connectivity index (χ4n) is 1.99. The Kier molecular flexibility index (Phi) is 4.92. The summed E-state index contributed by atoms with van der Waals surface area (Å²) in [5.41, 5.74) is 7.22. The van der Waals surface area contributed by atoms with E-state index in [-0.39, 0.29) is 0 Å². The maximum atomic E-state index is 12.3. The second-order valence-electron chi connectivity index (χ2n) is 4.82. The monoisotopic (exact) mass is 301 g/mol. The third kappa shape index (κ3) is 3.33. The highest BCUT2D eigenvalue weighted by atomic mass is 16.3. The summed E-state index contributed by atoms with van der Waals surface area (Å²) in [5.74, 6) is 5.33. The van der Waals surface area contributed by atoms with E-state index >= 15 is 0 Å². The minimum atomic E-state index is -0.939. The van der Waals surface area contributed by atoms with Crippen molar-refractivity contribution in [2.45, 2.75) is 13.0 Å². The SMILES string of the molecule is C/C(=C/N)N(N)C(CO)C(=O)Nc1cnc2ccccc2c1. The Balaban J connectivity index is 2.18. The predicted molar refractivity (Wildman–Crippen MR) is 85.2 cm³/mol. The molecular weight excluding hydrogens is 282 g/mol. The number of nitrogens with two attached hydrogens (primary N) is 2. The molecule has 7 heteroatoms. The number of hydrogen-bond acceptors (Lipinski definition) is 6. The van der Waals surface area contributed by atoms with Gasteiger partial charge in [-0.1, -0.05) is 18.2 Å². The summed E-state index contributed by atoms with van der Waals surface area (Å²) < 4.78 is 0. The molecule has 116 valence electrons. The third-order valence-electron chi connectivity index (χ3n) is 3.32. The van der Waals surface area contributed by atoms with Crippen molar-refractivity contribution in [3.63, 3.8) is 0 Å². The van der Waals surface area contributed by atoms with Gasteiger partial charge >= 0.3 is 0 Å². The Bertz CT molecular complexity index is 701. The Morgan fingerprint density at radius 3 is 2.91 bits per heavy atom. The van der Waals surface area contributed by atoms with Gasteiger partial charge in [0.1, 0.15) is 6.04 Å². The van der Waals surface area contributed by atoms with Crippen molar-refractivity contribution in [2.75, 3.05) is 11.9 Å². The van der Waals surface area contributed by atoms with Crippen LogP contribution in [0.4, 0.5) is 5.69 Å². The van der Waals surface area contributed by atoms with Gasteiger partial charge in [-0.25, -0.2) is 5.84 Å². The van der Waals surface area contributed by atoms with E-state index in [1.807, 2.05) is 24.3 Å². The molecule has 1 atom stereocenters. The second kappa shape index (κ2) is 6.88. The molecule has 1 unspecified atom stereocenters. The molecule has 0 saturated heterocycles. The first kappa shape index (κ1) is 15.7. The lowest BCUT2D eigenvalue weighted by Gasteiger charge is -2.27. The smallest absolute Gasteiger partial charge is 0.251 e. The summed E-state index contributed by atoms with van der Waals surface area (Å²) in [5, 5.41) is 14.1. The van der Waals surface area contributed by atoms with Crippen LogP contribution >= 0.6 is 0 Å². The van der Waals surface area contributed by atoms with Crippen molar-refractivity contribution >= 4 is 22.5 Å². The molecule has 7 nitrogen and oxygen atoms in total. The standard InChI is InChI=1S/C15H19N5O2/c1-10(7-16)20(17)14(9-21)15(22)19-12-6-11-4-2-3-5-13(11)18-8-12/h2-8,14,21H,9,16-17H2,1H3,(H,19,22)/b10-7-. The molecule has 0 aliphatic heterocycles. The number of hydrogen-bond donors (Lipinski definition) is 4. The largest absolute Gasteiger partial charge is 0.403 e. The molecule has 0 aliphatic rings. The van der Waals surface area contributed by atoms with E-state index in [4.69, 9.17) is 11.6 Å². The zero-order valence-electron chi connectivity index (χ0n) is 12.2. The molecular formula is C15H19N5O2. The van der Waals surface area contributed by atoms with E-state index in [0.29, 0.717) is 11.4 Å². The maximum Gasteiger partial charge on any atom is 0.251 e. The van der Waals surface area contributed by atoms with Crippen LogP contribution < -0.4 is 16.9 Å². The van der Waals surface area contributed by atoms with E-state index in [2.05, 4.69) is 10.3 Å². The highest BCUT2D eigenvalue weighted by Gasteiger charge is 2.23. The second-order valence-corrected chi connectivity index (χ2v) is 4.82. The summed E-state index contributed by atoms with van der Waals surface area (Å²) in [7, 11) is 0. The number of carbonyl (C=O) groups is 1. The first-order valence-corrected chi connectivity index (χ1v) is 6.75. The van der Waals surface area contributed by atoms with Crippen LogP contribution in [0, 0.1) is 0 Å². The lowest BCUT2D eigenvalue weighted by Crippen LogP contribution is -2.49. The number of pyridine rings is 1. The van der Waals surface area contributed by atoms with Gasteiger partial charge in [-0.2, -0.15) is 0 Å². The van der Waals surface area contributed by atoms with E-state index < -0.39 is 18.6 Å². The van der Waals surface area contributed by atoms with Crippen LogP contribution in [-0.4, -0.2) is 33.7 Å². The number of rotatable bonds is 5. The van der Waals surface area contributed by atoms with Gasteiger partial charge in [-0.3, -0.25) is 14.8 Å². The zero-order valence-corrected chi connectivity index (χ0v) is 12.2. The van der Waals surface area contributed by atoms with Crippen molar-refractivity contribution in [3.8, 4) is 0 Å². The molecule has 0 spiro atoms. The fraction of sp³-hybridized carbons (Fsp3) is 0.200. The number of amides is 1. The van der Waals surface area contributed by atoms with Gasteiger partial charge in [-0.05, 0) is 19.1 Å². The molecule has 1 aromatic carbocycles. The number of nitrogens with one attached hydrogen (secondary N) is 1. The first-order chi connectivity index (χ1) is 10.6. The Morgan fingerprint density at radius 1 is 1.50 bits per heavy atom. The number of aliphatic hydroxyl groups is 1. The van der Waals surface area contributed by atoms with Gasteiger partial charge < -0.3 is 16.2 Å². The van der Waals surface area contributed by atoms with Crippen LogP contribution in [0.2, 0.25) is 0 Å². The van der Waals surface area contributed by atoms with Gasteiger partial charge in [0.2, 0.25) is 0 Å². The highest BCUT2D eigenvalue weighted by Crippen LogP contribution is 2.16. The molecule has 0 aliphatic carbocycles. The minimum Gasteiger partial charge on any atom is -0.403 e. The van der Waals surface area contributed by atoms with Crippen molar-refractivity contribution in [3.05, 3.63) is 48.4 Å². The summed E-state index contributed by atoms with van der Waals surface area (Å²) in [6.45, 7) is 1.21. The number of benzene rings is 1. The molecule has 2 rings (SSSR count). The van der Waals surface area contributed by atoms with E-state index in [0.717, 1.165) is 15.9 Å². The van der Waals surface area contributed by atoms with Crippen LogP contribution in [0.15, 0.2) is 48.4 Å². The van der Waals surface area contributed by atoms with Gasteiger partial charge in [0.15, 0.2) is 0 Å². The van der Waals surface area contributed by atoms with Gasteiger partial charge in [0.25, 0.3) is 5.91 Å². The molecule has 2 aromatic rings. The average Bonchev–Trinajstić information content (AvgIpc) is 2.54. The Labute approximate surface area is 128 Å². The lowest BCUT2D eigenvalue weighted by molar-refractivity contribution is -0.122. The molecule has 0 fully saturated rings. The fourth-order valence-corrected chi connectivity index (χ4v) is 1.99. The molecule has 1 aromatic heterocycles. The number of fused-ring (bicyclic) bond motifs is 1. The van der Waals surface area contributed by atoms with E-state index in [1.54, 1.807) is 19.2 Å². The average molecular weight is 301 g/mol. The molecule has 22 heavy (non-hydrogen) atoms. The first-order valence-electron chi connectivity index (χ1n) is 6.75. The lowest BCUT2D eigenvalue weighted by atomic mass is 10.2. The normalized spacial score (nSPS) is 13.0. The third-order valence-corrected chi connectivity index (χ3v) is 3.32. The number of aromatic nitrogens is 1. The summed E-state index contributed by atoms with van der Waals surface area (Å²) in [6, 6.07) is 8.44. The van der Waals surface area contributed by atoms with E-state index in [1.165, 1.54) is 6.20 Å². The molecule has 1 heterocycles. The zero-order chi connectivity index (χ0) is 16.1. The molecule has 0 saturated carbocycles. The molecule has 6 N–H and O–H groups in total.